The lowest BCUT2D eigenvalue weighted by Gasteiger charge is -2.47. The summed E-state index contributed by atoms with van der Waals surface area (Å²) in [4.78, 5) is 0. The summed E-state index contributed by atoms with van der Waals surface area (Å²) in [5, 5.41) is 41.4. The molecule has 0 aromatic heterocycles. The third-order valence-electron chi connectivity index (χ3n) is 10.6. The van der Waals surface area contributed by atoms with Crippen molar-refractivity contribution in [3.8, 4) is 0 Å². The fraction of sp³-hybridized carbons (Fsp3) is 0.829. The molecule has 5 rings (SSSR count). The van der Waals surface area contributed by atoms with Crippen LogP contribution in [0.2, 0.25) is 0 Å². The van der Waals surface area contributed by atoms with Gasteiger partial charge < -0.3 is 39.4 Å². The quantitative estimate of drug-likeness (QED) is 0.161. The molecule has 4 N–H and O–H groups in total. The molecule has 0 bridgehead atoms. The SMILES string of the molecule is C=C(CO)[C@@H](O)[C@@H](C)C[C@@H](C)C1([C@H](O)[C@@H]2C[C@H]3O[C@@]4(CC[C@]5(CC(C)=C[C@@H](/C=C/CCCO)O5)O4)[C@H](C)C[C@H]3O2)SCCCS1. The molecule has 5 aliphatic heterocycles. The molecular weight excluding hydrogens is 613 g/mol. The maximum atomic E-state index is 12.1. The van der Waals surface area contributed by atoms with E-state index in [0.717, 1.165) is 50.0 Å². The average molecular weight is 669 g/mol. The van der Waals surface area contributed by atoms with Gasteiger partial charge in [-0.1, -0.05) is 51.2 Å². The van der Waals surface area contributed by atoms with Crippen LogP contribution in [-0.2, 0) is 18.9 Å². The Balaban J connectivity index is 1.26. The van der Waals surface area contributed by atoms with Crippen LogP contribution in [0.15, 0.2) is 36.0 Å². The lowest BCUT2D eigenvalue weighted by molar-refractivity contribution is -0.366. The summed E-state index contributed by atoms with van der Waals surface area (Å²) >= 11 is 3.66. The Kier molecular flexibility index (Phi) is 12.0. The standard InChI is InChI=1S/C35H56O8S2/c1-22-16-27(10-7-6-8-13-36)41-33(20-22)11-12-34(43-33)25(4)18-28-29(42-34)19-30(40-28)32(39)35(44-14-9-15-45-35)26(5)17-23(2)31(38)24(3)21-37/h7,10,16,23,25-32,36-39H,3,6,8-9,11-15,17-21H2,1-2,4-5H3/b10-7+/t23-,25+,26+,27+,28+,29+,30-,31-,32+,33+,34+/m0/s1. The minimum Gasteiger partial charge on any atom is -0.396 e. The van der Waals surface area contributed by atoms with Crippen molar-refractivity contribution in [1.29, 1.82) is 0 Å². The molecule has 10 heteroatoms. The second-order valence-electron chi connectivity index (χ2n) is 14.2. The number of hydrogen-bond acceptors (Lipinski definition) is 10. The van der Waals surface area contributed by atoms with Crippen molar-refractivity contribution in [1.82, 2.24) is 0 Å². The highest BCUT2D eigenvalue weighted by atomic mass is 32.2. The van der Waals surface area contributed by atoms with Gasteiger partial charge in [-0.3, -0.25) is 0 Å². The van der Waals surface area contributed by atoms with E-state index in [9.17, 15) is 15.3 Å². The Morgan fingerprint density at radius 2 is 1.87 bits per heavy atom. The van der Waals surface area contributed by atoms with Crippen molar-refractivity contribution >= 4 is 23.5 Å². The molecule has 45 heavy (non-hydrogen) atoms. The first-order chi connectivity index (χ1) is 21.5. The lowest BCUT2D eigenvalue weighted by Crippen LogP contribution is -2.53. The van der Waals surface area contributed by atoms with E-state index in [0.29, 0.717) is 24.8 Å². The van der Waals surface area contributed by atoms with Gasteiger partial charge in [0.05, 0.1) is 41.2 Å². The summed E-state index contributed by atoms with van der Waals surface area (Å²) in [5.41, 5.74) is 1.68. The maximum Gasteiger partial charge on any atom is 0.176 e. The van der Waals surface area contributed by atoms with E-state index in [-0.39, 0.29) is 55.4 Å². The summed E-state index contributed by atoms with van der Waals surface area (Å²) in [6.07, 6.45) is 11.0. The Morgan fingerprint density at radius 1 is 1.11 bits per heavy atom. The number of aliphatic hydroxyl groups is 4. The molecule has 4 fully saturated rings. The van der Waals surface area contributed by atoms with Gasteiger partial charge in [0.25, 0.3) is 0 Å². The molecule has 0 aromatic rings. The number of allylic oxidation sites excluding steroid dienone is 1. The zero-order valence-corrected chi connectivity index (χ0v) is 29.2. The zero-order chi connectivity index (χ0) is 32.4. The van der Waals surface area contributed by atoms with Crippen LogP contribution in [0.1, 0.15) is 85.5 Å². The highest BCUT2D eigenvalue weighted by Gasteiger charge is 2.61. The van der Waals surface area contributed by atoms with Crippen LogP contribution in [0.25, 0.3) is 0 Å². The van der Waals surface area contributed by atoms with Crippen molar-refractivity contribution in [2.45, 2.75) is 138 Å². The van der Waals surface area contributed by atoms with Crippen LogP contribution in [0.4, 0.5) is 0 Å². The van der Waals surface area contributed by atoms with Crippen LogP contribution >= 0.6 is 23.5 Å². The molecule has 5 aliphatic rings. The van der Waals surface area contributed by atoms with Gasteiger partial charge in [-0.15, -0.1) is 23.5 Å². The Morgan fingerprint density at radius 3 is 2.58 bits per heavy atom. The van der Waals surface area contributed by atoms with E-state index < -0.39 is 27.9 Å². The average Bonchev–Trinajstić information content (AvgIpc) is 3.59. The summed E-state index contributed by atoms with van der Waals surface area (Å²) in [6, 6.07) is 0. The van der Waals surface area contributed by atoms with Crippen molar-refractivity contribution < 1.29 is 39.4 Å². The zero-order valence-electron chi connectivity index (χ0n) is 27.6. The van der Waals surface area contributed by atoms with Crippen LogP contribution < -0.4 is 0 Å². The molecule has 256 valence electrons. The molecule has 2 spiro atoms. The van der Waals surface area contributed by atoms with Crippen LogP contribution in [0.3, 0.4) is 0 Å². The predicted octanol–water partition coefficient (Wildman–Crippen LogP) is 5.33. The van der Waals surface area contributed by atoms with Crippen molar-refractivity contribution in [3.05, 3.63) is 36.0 Å². The van der Waals surface area contributed by atoms with Gasteiger partial charge in [-0.2, -0.15) is 0 Å². The predicted molar refractivity (Wildman–Crippen MR) is 180 cm³/mol. The molecule has 5 heterocycles. The second-order valence-corrected chi connectivity index (χ2v) is 17.2. The summed E-state index contributed by atoms with van der Waals surface area (Å²) in [7, 11) is 0. The summed E-state index contributed by atoms with van der Waals surface area (Å²) in [5.74, 6) is 0.606. The molecule has 4 saturated heterocycles. The molecule has 11 atom stereocenters. The van der Waals surface area contributed by atoms with Crippen molar-refractivity contribution in [2.75, 3.05) is 24.7 Å². The number of thioether (sulfide) groups is 2. The van der Waals surface area contributed by atoms with Gasteiger partial charge in [-0.25, -0.2) is 0 Å². The van der Waals surface area contributed by atoms with Crippen LogP contribution in [0.5, 0.6) is 0 Å². The molecule has 0 radical (unpaired) electrons. The van der Waals surface area contributed by atoms with E-state index in [1.165, 1.54) is 5.57 Å². The van der Waals surface area contributed by atoms with Crippen LogP contribution in [-0.4, -0.2) is 97.4 Å². The molecule has 0 amide bonds. The first kappa shape index (κ1) is 35.9. The fourth-order valence-corrected chi connectivity index (χ4v) is 11.8. The van der Waals surface area contributed by atoms with E-state index in [2.05, 4.69) is 45.6 Å². The smallest absolute Gasteiger partial charge is 0.176 e. The van der Waals surface area contributed by atoms with Gasteiger partial charge in [0, 0.05) is 38.2 Å². The van der Waals surface area contributed by atoms with Gasteiger partial charge in [-0.05, 0) is 67.9 Å². The molecular formula is C35H56O8S2. The maximum absolute atomic E-state index is 12.1. The van der Waals surface area contributed by atoms with Gasteiger partial charge in [0.1, 0.15) is 6.10 Å². The summed E-state index contributed by atoms with van der Waals surface area (Å²) in [6.45, 7) is 12.3. The highest BCUT2D eigenvalue weighted by Crippen LogP contribution is 2.57. The number of unbranched alkanes of at least 4 members (excludes halogenated alkanes) is 1. The number of hydrogen-bond donors (Lipinski definition) is 4. The fourth-order valence-electron chi connectivity index (χ4n) is 8.14. The molecule has 0 aromatic carbocycles. The molecule has 0 unspecified atom stereocenters. The van der Waals surface area contributed by atoms with E-state index in [1.54, 1.807) is 0 Å². The lowest BCUT2D eigenvalue weighted by atomic mass is 9.84. The van der Waals surface area contributed by atoms with Gasteiger partial charge in [0.2, 0.25) is 0 Å². The number of fused-ring (bicyclic) bond motifs is 1. The van der Waals surface area contributed by atoms with Crippen LogP contribution in [0, 0.1) is 17.8 Å². The minimum absolute atomic E-state index is 0.0917. The third kappa shape index (κ3) is 7.61. The Hall–Kier alpha value is -0.400. The number of ether oxygens (including phenoxy) is 4. The van der Waals surface area contributed by atoms with E-state index in [1.807, 2.05) is 30.4 Å². The highest BCUT2D eigenvalue weighted by molar-refractivity contribution is 8.18. The Bertz CT molecular complexity index is 1080. The monoisotopic (exact) mass is 668 g/mol. The second kappa shape index (κ2) is 15.0. The van der Waals surface area contributed by atoms with Gasteiger partial charge >= 0.3 is 0 Å². The minimum atomic E-state index is -0.776. The number of aliphatic hydroxyl groups excluding tert-OH is 4. The van der Waals surface area contributed by atoms with E-state index >= 15 is 0 Å². The normalized spacial score (nSPS) is 39.1. The van der Waals surface area contributed by atoms with Crippen molar-refractivity contribution in [2.24, 2.45) is 17.8 Å². The first-order valence-corrected chi connectivity index (χ1v) is 19.0. The number of rotatable bonds is 12. The summed E-state index contributed by atoms with van der Waals surface area (Å²) < 4.78 is 26.6. The molecule has 0 saturated carbocycles. The van der Waals surface area contributed by atoms with E-state index in [4.69, 9.17) is 24.1 Å². The van der Waals surface area contributed by atoms with Gasteiger partial charge in [0.15, 0.2) is 11.6 Å². The topological polar surface area (TPSA) is 118 Å². The third-order valence-corrected chi connectivity index (χ3v) is 14.5. The largest absolute Gasteiger partial charge is 0.396 e. The van der Waals surface area contributed by atoms with Crippen molar-refractivity contribution in [3.63, 3.8) is 0 Å². The molecule has 0 aliphatic carbocycles. The Labute approximate surface area is 278 Å². The first-order valence-electron chi connectivity index (χ1n) is 17.0. The molecule has 8 nitrogen and oxygen atoms in total.